The monoisotopic (exact) mass is 424 g/mol. The van der Waals surface area contributed by atoms with Gasteiger partial charge in [0.15, 0.2) is 5.78 Å². The molecule has 0 fully saturated rings. The number of phenols is 1. The second-order valence-corrected chi connectivity index (χ2v) is 8.32. The van der Waals surface area contributed by atoms with Crippen LogP contribution in [0, 0.1) is 0 Å². The number of ether oxygens (including phenoxy) is 1. The van der Waals surface area contributed by atoms with E-state index in [-0.39, 0.29) is 11.5 Å². The molecule has 0 aliphatic heterocycles. The van der Waals surface area contributed by atoms with E-state index >= 15 is 0 Å². The van der Waals surface area contributed by atoms with E-state index in [9.17, 15) is 9.90 Å². The molecule has 3 aromatic carbocycles. The summed E-state index contributed by atoms with van der Waals surface area (Å²) < 4.78 is 5.87. The molecule has 5 rings (SSSR count). The zero-order valence-electron chi connectivity index (χ0n) is 18.1. The Balaban J connectivity index is 1.58. The summed E-state index contributed by atoms with van der Waals surface area (Å²) >= 11 is 0. The first-order valence-electron chi connectivity index (χ1n) is 10.7. The van der Waals surface area contributed by atoms with Crippen molar-refractivity contribution < 1.29 is 14.6 Å². The number of ketones is 1. The molecule has 0 saturated heterocycles. The van der Waals surface area contributed by atoms with Crippen LogP contribution in [0.1, 0.15) is 22.3 Å². The highest BCUT2D eigenvalue weighted by atomic mass is 16.5. The smallest absolute Gasteiger partial charge is 0.195 e. The van der Waals surface area contributed by atoms with Crippen LogP contribution in [0.4, 0.5) is 0 Å². The van der Waals surface area contributed by atoms with Crippen LogP contribution in [0.3, 0.4) is 0 Å². The lowest BCUT2D eigenvalue weighted by Crippen LogP contribution is -2.15. The molecule has 4 aromatic rings. The normalized spacial score (nSPS) is 12.3. The van der Waals surface area contributed by atoms with Crippen LogP contribution in [-0.4, -0.2) is 48.0 Å². The maximum absolute atomic E-state index is 13.3. The predicted molar refractivity (Wildman–Crippen MR) is 126 cm³/mol. The second-order valence-electron chi connectivity index (χ2n) is 8.32. The number of aromatic nitrogens is 1. The van der Waals surface area contributed by atoms with E-state index in [0.717, 1.165) is 52.0 Å². The fraction of sp³-hybridized carbons (Fsp3) is 0.185. The van der Waals surface area contributed by atoms with Gasteiger partial charge in [0.05, 0.1) is 17.8 Å². The Morgan fingerprint density at radius 1 is 0.938 bits per heavy atom. The molecular formula is C27H24N2O3. The zero-order valence-corrected chi connectivity index (χ0v) is 18.1. The third-order valence-electron chi connectivity index (χ3n) is 5.78. The van der Waals surface area contributed by atoms with Crippen molar-refractivity contribution in [3.63, 3.8) is 0 Å². The fourth-order valence-corrected chi connectivity index (χ4v) is 4.27. The Hall–Kier alpha value is -3.70. The topological polar surface area (TPSA) is 62.7 Å². The number of para-hydroxylation sites is 1. The van der Waals surface area contributed by atoms with Crippen LogP contribution >= 0.6 is 0 Å². The summed E-state index contributed by atoms with van der Waals surface area (Å²) in [6.45, 7) is 1.64. The van der Waals surface area contributed by atoms with Crippen LogP contribution in [0.5, 0.6) is 11.5 Å². The third-order valence-corrected chi connectivity index (χ3v) is 5.78. The number of fused-ring (bicyclic) bond motifs is 5. The van der Waals surface area contributed by atoms with Crippen LogP contribution in [-0.2, 0) is 0 Å². The Kier molecular flexibility index (Phi) is 5.11. The van der Waals surface area contributed by atoms with E-state index in [4.69, 9.17) is 9.72 Å². The molecule has 5 nitrogen and oxygen atoms in total. The molecular weight excluding hydrogens is 400 g/mol. The number of nitrogens with zero attached hydrogens (tertiary/aromatic N) is 2. The van der Waals surface area contributed by atoms with Crippen molar-refractivity contribution in [1.82, 2.24) is 9.88 Å². The number of rotatable bonds is 6. The van der Waals surface area contributed by atoms with Crippen LogP contribution in [0.25, 0.3) is 33.3 Å². The van der Waals surface area contributed by atoms with Crippen molar-refractivity contribution in [3.05, 3.63) is 77.9 Å². The first-order valence-corrected chi connectivity index (χ1v) is 10.7. The largest absolute Gasteiger partial charge is 0.508 e. The highest BCUT2D eigenvalue weighted by Crippen LogP contribution is 2.46. The zero-order chi connectivity index (χ0) is 22.2. The highest BCUT2D eigenvalue weighted by Gasteiger charge is 2.32. The van der Waals surface area contributed by atoms with Gasteiger partial charge in [0, 0.05) is 34.2 Å². The lowest BCUT2D eigenvalue weighted by atomic mass is 9.96. The van der Waals surface area contributed by atoms with Gasteiger partial charge < -0.3 is 14.7 Å². The first kappa shape index (κ1) is 20.2. The molecule has 160 valence electrons. The number of hydrogen-bond donors (Lipinski definition) is 1. The van der Waals surface area contributed by atoms with Crippen molar-refractivity contribution >= 4 is 16.7 Å². The highest BCUT2D eigenvalue weighted by molar-refractivity contribution is 6.28. The molecule has 32 heavy (non-hydrogen) atoms. The van der Waals surface area contributed by atoms with Crippen molar-refractivity contribution in [3.8, 4) is 33.9 Å². The number of pyridine rings is 1. The summed E-state index contributed by atoms with van der Waals surface area (Å²) in [6, 6.07) is 20.5. The molecule has 0 atom stereocenters. The standard InChI is InChI=1S/C27H24N2O3/c1-29(2)14-5-15-32-19-11-8-17(9-12-19)26-24-20-13-10-18(30)16-22(20)27(31)25(24)21-6-3-4-7-23(21)28-26/h3-4,6-13,16,30H,5,14-15H2,1-2H3. The van der Waals surface area contributed by atoms with Crippen molar-refractivity contribution in [2.45, 2.75) is 6.42 Å². The minimum Gasteiger partial charge on any atom is -0.508 e. The second kappa shape index (κ2) is 8.09. The lowest BCUT2D eigenvalue weighted by molar-refractivity contribution is 0.104. The Labute approximate surface area is 186 Å². The van der Waals surface area contributed by atoms with E-state index in [0.29, 0.717) is 17.7 Å². The number of benzene rings is 3. The van der Waals surface area contributed by atoms with Gasteiger partial charge in [0.25, 0.3) is 0 Å². The first-order chi connectivity index (χ1) is 15.5. The average Bonchev–Trinajstić information content (AvgIpc) is 3.09. The fourth-order valence-electron chi connectivity index (χ4n) is 4.27. The van der Waals surface area contributed by atoms with Crippen molar-refractivity contribution in [2.75, 3.05) is 27.2 Å². The molecule has 1 aromatic heterocycles. The van der Waals surface area contributed by atoms with Gasteiger partial charge >= 0.3 is 0 Å². The number of carbonyl (C=O) groups is 1. The van der Waals surface area contributed by atoms with Gasteiger partial charge in [0.1, 0.15) is 11.5 Å². The number of aromatic hydroxyl groups is 1. The van der Waals surface area contributed by atoms with E-state index < -0.39 is 0 Å². The Morgan fingerprint density at radius 2 is 1.72 bits per heavy atom. The van der Waals surface area contributed by atoms with Crippen molar-refractivity contribution in [2.24, 2.45) is 0 Å². The molecule has 1 N–H and O–H groups in total. The van der Waals surface area contributed by atoms with E-state index in [1.165, 1.54) is 0 Å². The molecule has 1 heterocycles. The lowest BCUT2D eigenvalue weighted by Gasteiger charge is -2.13. The van der Waals surface area contributed by atoms with Gasteiger partial charge in [-0.05, 0) is 74.6 Å². The van der Waals surface area contributed by atoms with Crippen LogP contribution in [0.2, 0.25) is 0 Å². The van der Waals surface area contributed by atoms with Crippen LogP contribution in [0.15, 0.2) is 66.7 Å². The molecule has 0 spiro atoms. The predicted octanol–water partition coefficient (Wildman–Crippen LogP) is 5.15. The maximum atomic E-state index is 13.3. The molecule has 1 aliphatic rings. The van der Waals surface area contributed by atoms with Gasteiger partial charge in [-0.25, -0.2) is 4.98 Å². The number of hydrogen-bond acceptors (Lipinski definition) is 5. The minimum atomic E-state index is -0.0772. The van der Waals surface area contributed by atoms with Gasteiger partial charge in [0.2, 0.25) is 0 Å². The summed E-state index contributed by atoms with van der Waals surface area (Å²) in [5.41, 5.74) is 5.24. The molecule has 0 amide bonds. The summed E-state index contributed by atoms with van der Waals surface area (Å²) in [4.78, 5) is 20.4. The SMILES string of the molecule is CN(C)CCCOc1ccc(-c2nc3ccccc3c3c2-c2ccc(O)cc2C3=O)cc1. The molecule has 0 radical (unpaired) electrons. The maximum Gasteiger partial charge on any atom is 0.195 e. The Bertz CT molecular complexity index is 1330. The number of carbonyl (C=O) groups excluding carboxylic acids is 1. The van der Waals surface area contributed by atoms with E-state index in [2.05, 4.69) is 4.90 Å². The van der Waals surface area contributed by atoms with Gasteiger partial charge in [-0.1, -0.05) is 18.2 Å². The Morgan fingerprint density at radius 3 is 2.50 bits per heavy atom. The van der Waals surface area contributed by atoms with Gasteiger partial charge in [-0.2, -0.15) is 0 Å². The van der Waals surface area contributed by atoms with E-state index in [1.807, 2.05) is 62.6 Å². The summed E-state index contributed by atoms with van der Waals surface area (Å²) in [5.74, 6) is 0.817. The minimum absolute atomic E-state index is 0.0772. The summed E-state index contributed by atoms with van der Waals surface area (Å²) in [6.07, 6.45) is 0.959. The van der Waals surface area contributed by atoms with E-state index in [1.54, 1.807) is 18.2 Å². The third kappa shape index (κ3) is 3.51. The molecule has 5 heteroatoms. The molecule has 1 aliphatic carbocycles. The van der Waals surface area contributed by atoms with Crippen molar-refractivity contribution in [1.29, 1.82) is 0 Å². The average molecular weight is 425 g/mol. The van der Waals surface area contributed by atoms with Gasteiger partial charge in [-0.3, -0.25) is 4.79 Å². The molecule has 0 unspecified atom stereocenters. The summed E-state index contributed by atoms with van der Waals surface area (Å²) in [5, 5.41) is 10.8. The molecule has 0 saturated carbocycles. The number of phenolic OH excluding ortho intramolecular Hbond substituents is 1. The summed E-state index contributed by atoms with van der Waals surface area (Å²) in [7, 11) is 4.10. The quantitative estimate of drug-likeness (QED) is 0.382. The molecule has 0 bridgehead atoms. The van der Waals surface area contributed by atoms with Crippen LogP contribution < -0.4 is 4.74 Å². The van der Waals surface area contributed by atoms with Gasteiger partial charge in [-0.15, -0.1) is 0 Å².